The smallest absolute Gasteiger partial charge is 0.416 e. The molecule has 0 aliphatic rings. The van der Waals surface area contributed by atoms with Crippen molar-refractivity contribution in [2.24, 2.45) is 0 Å². The van der Waals surface area contributed by atoms with Gasteiger partial charge in [0.1, 0.15) is 0 Å². The Hall–Kier alpha value is -3.54. The number of ether oxygens (including phenoxy) is 1. The zero-order valence-corrected chi connectivity index (χ0v) is 17.4. The van der Waals surface area contributed by atoms with E-state index in [9.17, 15) is 28.5 Å². The van der Waals surface area contributed by atoms with Crippen molar-refractivity contribution in [1.29, 1.82) is 5.26 Å². The van der Waals surface area contributed by atoms with E-state index < -0.39 is 28.1 Å². The molecular formula is C22H11Cl2F3N2O3. The molecule has 162 valence electrons. The van der Waals surface area contributed by atoms with Gasteiger partial charge in [0.05, 0.1) is 27.2 Å². The SMILES string of the molecule is N#C/C(=C\c1cc(Cl)cc(Cl)c1Oc1ccc(C(F)(F)F)cc1[N+](=O)[O-])c1ccccc1. The largest absolute Gasteiger partial charge is 0.448 e. The molecule has 0 aromatic heterocycles. The fourth-order valence-electron chi connectivity index (χ4n) is 2.78. The quantitative estimate of drug-likeness (QED) is 0.162. The average Bonchev–Trinajstić information content (AvgIpc) is 2.74. The number of hydrogen-bond donors (Lipinski definition) is 0. The summed E-state index contributed by atoms with van der Waals surface area (Å²) < 4.78 is 44.5. The summed E-state index contributed by atoms with van der Waals surface area (Å²) in [4.78, 5) is 10.4. The molecule has 0 fully saturated rings. The maximum atomic E-state index is 13.0. The van der Waals surface area contributed by atoms with Crippen LogP contribution in [0, 0.1) is 21.4 Å². The molecule has 5 nitrogen and oxygen atoms in total. The molecule has 0 aliphatic heterocycles. The van der Waals surface area contributed by atoms with Crippen molar-refractivity contribution < 1.29 is 22.8 Å². The molecule has 3 aromatic rings. The summed E-state index contributed by atoms with van der Waals surface area (Å²) in [6.07, 6.45) is -3.36. The van der Waals surface area contributed by atoms with Crippen LogP contribution in [0.1, 0.15) is 16.7 Å². The third-order valence-corrected chi connectivity index (χ3v) is 4.74. The Morgan fingerprint density at radius 2 is 1.78 bits per heavy atom. The van der Waals surface area contributed by atoms with E-state index in [4.69, 9.17) is 27.9 Å². The van der Waals surface area contributed by atoms with Crippen molar-refractivity contribution in [2.45, 2.75) is 6.18 Å². The number of allylic oxidation sites excluding steroid dienone is 1. The van der Waals surface area contributed by atoms with Crippen LogP contribution in [0.15, 0.2) is 60.7 Å². The second kappa shape index (κ2) is 9.30. The van der Waals surface area contributed by atoms with E-state index in [0.29, 0.717) is 17.7 Å². The van der Waals surface area contributed by atoms with Crippen molar-refractivity contribution in [1.82, 2.24) is 0 Å². The predicted octanol–water partition coefficient (Wildman–Crippen LogP) is 7.78. The van der Waals surface area contributed by atoms with Crippen LogP contribution >= 0.6 is 23.2 Å². The number of benzene rings is 3. The fourth-order valence-corrected chi connectivity index (χ4v) is 3.33. The minimum absolute atomic E-state index is 0.0525. The first-order valence-corrected chi connectivity index (χ1v) is 9.55. The highest BCUT2D eigenvalue weighted by atomic mass is 35.5. The molecular weight excluding hydrogens is 468 g/mol. The van der Waals surface area contributed by atoms with Gasteiger partial charge in [-0.2, -0.15) is 18.4 Å². The molecule has 0 radical (unpaired) electrons. The molecule has 3 rings (SSSR count). The minimum atomic E-state index is -4.77. The second-order valence-corrected chi connectivity index (χ2v) is 7.22. The number of halogens is 5. The van der Waals surface area contributed by atoms with Gasteiger partial charge in [0.2, 0.25) is 5.75 Å². The number of nitriles is 1. The van der Waals surface area contributed by atoms with Gasteiger partial charge in [-0.1, -0.05) is 53.5 Å². The Balaban J connectivity index is 2.14. The minimum Gasteiger partial charge on any atom is -0.448 e. The Labute approximate surface area is 190 Å². The molecule has 32 heavy (non-hydrogen) atoms. The Kier molecular flexibility index (Phi) is 6.72. The number of nitrogens with zero attached hydrogens (tertiary/aromatic N) is 2. The predicted molar refractivity (Wildman–Crippen MR) is 115 cm³/mol. The van der Waals surface area contributed by atoms with Gasteiger partial charge < -0.3 is 4.74 Å². The van der Waals surface area contributed by atoms with Gasteiger partial charge in [-0.05, 0) is 35.9 Å². The van der Waals surface area contributed by atoms with Gasteiger partial charge in [-0.25, -0.2) is 0 Å². The Bertz CT molecular complexity index is 1250. The van der Waals surface area contributed by atoms with Gasteiger partial charge in [0.25, 0.3) is 0 Å². The number of hydrogen-bond acceptors (Lipinski definition) is 4. The van der Waals surface area contributed by atoms with Crippen LogP contribution in [0.3, 0.4) is 0 Å². The van der Waals surface area contributed by atoms with Crippen LogP contribution < -0.4 is 4.74 Å². The van der Waals surface area contributed by atoms with Crippen LogP contribution in [0.4, 0.5) is 18.9 Å². The van der Waals surface area contributed by atoms with Gasteiger partial charge in [0, 0.05) is 16.7 Å². The molecule has 0 saturated heterocycles. The zero-order valence-electron chi connectivity index (χ0n) is 15.9. The summed E-state index contributed by atoms with van der Waals surface area (Å²) in [6.45, 7) is 0. The highest BCUT2D eigenvalue weighted by molar-refractivity contribution is 6.36. The molecule has 0 heterocycles. The van der Waals surface area contributed by atoms with Gasteiger partial charge in [-0.15, -0.1) is 0 Å². The molecule has 0 aliphatic carbocycles. The van der Waals surface area contributed by atoms with Crippen molar-refractivity contribution >= 4 is 40.5 Å². The van der Waals surface area contributed by atoms with Crippen LogP contribution in [0.5, 0.6) is 11.5 Å². The molecule has 0 saturated carbocycles. The fraction of sp³-hybridized carbons (Fsp3) is 0.0455. The standard InChI is InChI=1S/C22H11Cl2F3N2O3/c23-17-9-14(8-15(12-28)13-4-2-1-3-5-13)21(18(24)11-17)32-20-7-6-16(22(25,26)27)10-19(20)29(30)31/h1-11H/b15-8+. The topological polar surface area (TPSA) is 76.2 Å². The molecule has 0 bridgehead atoms. The van der Waals surface area contributed by atoms with E-state index in [1.807, 2.05) is 6.07 Å². The van der Waals surface area contributed by atoms with Gasteiger partial charge >= 0.3 is 11.9 Å². The van der Waals surface area contributed by atoms with Crippen molar-refractivity contribution in [2.75, 3.05) is 0 Å². The van der Waals surface area contributed by atoms with Crippen LogP contribution in [0.2, 0.25) is 10.0 Å². The summed E-state index contributed by atoms with van der Waals surface area (Å²) in [6, 6.07) is 15.3. The van der Waals surface area contributed by atoms with Gasteiger partial charge in [0.15, 0.2) is 5.75 Å². The summed E-state index contributed by atoms with van der Waals surface area (Å²) >= 11 is 12.3. The van der Waals surface area contributed by atoms with Crippen molar-refractivity contribution in [3.63, 3.8) is 0 Å². The van der Waals surface area contributed by atoms with Crippen LogP contribution in [-0.4, -0.2) is 4.92 Å². The number of nitro groups is 1. The first kappa shape index (κ1) is 23.1. The van der Waals surface area contributed by atoms with E-state index in [1.165, 1.54) is 18.2 Å². The average molecular weight is 479 g/mol. The molecule has 0 unspecified atom stereocenters. The lowest BCUT2D eigenvalue weighted by molar-refractivity contribution is -0.385. The van der Waals surface area contributed by atoms with Gasteiger partial charge in [-0.3, -0.25) is 10.1 Å². The highest BCUT2D eigenvalue weighted by Gasteiger charge is 2.33. The lowest BCUT2D eigenvalue weighted by atomic mass is 10.0. The third kappa shape index (κ3) is 5.19. The van der Waals surface area contributed by atoms with Crippen molar-refractivity contribution in [3.05, 3.63) is 97.5 Å². The Morgan fingerprint density at radius 1 is 1.09 bits per heavy atom. The van der Waals surface area contributed by atoms with E-state index >= 15 is 0 Å². The molecule has 10 heteroatoms. The molecule has 0 atom stereocenters. The summed E-state index contributed by atoms with van der Waals surface area (Å²) in [5.41, 5.74) is -1.09. The maximum absolute atomic E-state index is 13.0. The maximum Gasteiger partial charge on any atom is 0.416 e. The summed E-state index contributed by atoms with van der Waals surface area (Å²) in [7, 11) is 0. The highest BCUT2D eigenvalue weighted by Crippen LogP contribution is 2.42. The monoisotopic (exact) mass is 478 g/mol. The first-order valence-electron chi connectivity index (χ1n) is 8.80. The normalized spacial score (nSPS) is 11.7. The van der Waals surface area contributed by atoms with Crippen molar-refractivity contribution in [3.8, 4) is 17.6 Å². The number of nitro benzene ring substituents is 1. The van der Waals surface area contributed by atoms with Crippen LogP contribution in [-0.2, 0) is 6.18 Å². The van der Waals surface area contributed by atoms with E-state index in [2.05, 4.69) is 0 Å². The Morgan fingerprint density at radius 3 is 2.38 bits per heavy atom. The van der Waals surface area contributed by atoms with Crippen LogP contribution in [0.25, 0.3) is 11.6 Å². The molecule has 0 N–H and O–H groups in total. The molecule has 0 amide bonds. The van der Waals surface area contributed by atoms with E-state index in [-0.39, 0.29) is 26.9 Å². The third-order valence-electron chi connectivity index (χ3n) is 4.24. The lowest BCUT2D eigenvalue weighted by Crippen LogP contribution is -2.06. The second-order valence-electron chi connectivity index (χ2n) is 6.38. The molecule has 0 spiro atoms. The van der Waals surface area contributed by atoms with E-state index in [1.54, 1.807) is 30.3 Å². The summed E-state index contributed by atoms with van der Waals surface area (Å²) in [5, 5.41) is 21.1. The summed E-state index contributed by atoms with van der Waals surface area (Å²) in [5.74, 6) is -0.567. The zero-order chi connectivity index (χ0) is 23.5. The lowest BCUT2D eigenvalue weighted by Gasteiger charge is -2.13. The first-order chi connectivity index (χ1) is 15.1. The molecule has 3 aromatic carbocycles. The number of alkyl halides is 3. The van der Waals surface area contributed by atoms with E-state index in [0.717, 1.165) is 6.07 Å². The number of rotatable bonds is 5.